The molecule has 3 heterocycles. The number of carbonyl (C=O) groups excluding carboxylic acids is 1. The van der Waals surface area contributed by atoms with Gasteiger partial charge in [0.2, 0.25) is 0 Å². The van der Waals surface area contributed by atoms with Crippen LogP contribution in [0.2, 0.25) is 0 Å². The largest absolute Gasteiger partial charge is 0.338 e. The van der Waals surface area contributed by atoms with Gasteiger partial charge in [-0.15, -0.1) is 0 Å². The van der Waals surface area contributed by atoms with Crippen molar-refractivity contribution in [1.29, 1.82) is 0 Å². The van der Waals surface area contributed by atoms with Crippen LogP contribution < -0.4 is 0 Å². The first-order valence-corrected chi connectivity index (χ1v) is 9.44. The molecular formula is C23H23N3O. The van der Waals surface area contributed by atoms with Crippen LogP contribution in [-0.4, -0.2) is 33.9 Å². The van der Waals surface area contributed by atoms with E-state index < -0.39 is 0 Å². The van der Waals surface area contributed by atoms with Gasteiger partial charge in [-0.2, -0.15) is 0 Å². The summed E-state index contributed by atoms with van der Waals surface area (Å²) in [5, 5.41) is 0. The first-order chi connectivity index (χ1) is 13.2. The molecular weight excluding hydrogens is 334 g/mol. The van der Waals surface area contributed by atoms with Crippen LogP contribution in [0.25, 0.3) is 11.3 Å². The van der Waals surface area contributed by atoms with Gasteiger partial charge in [0.15, 0.2) is 0 Å². The van der Waals surface area contributed by atoms with E-state index in [1.54, 1.807) is 12.4 Å². The zero-order valence-electron chi connectivity index (χ0n) is 15.5. The topological polar surface area (TPSA) is 46.1 Å². The third kappa shape index (κ3) is 3.90. The molecule has 1 atom stereocenters. The summed E-state index contributed by atoms with van der Waals surface area (Å²) in [6.07, 6.45) is 5.38. The number of piperidine rings is 1. The van der Waals surface area contributed by atoms with Crippen molar-refractivity contribution in [2.45, 2.75) is 25.7 Å². The molecule has 4 rings (SSSR count). The molecule has 1 aliphatic heterocycles. The lowest BCUT2D eigenvalue weighted by Gasteiger charge is -2.32. The third-order valence-electron chi connectivity index (χ3n) is 5.12. The van der Waals surface area contributed by atoms with Crippen molar-refractivity contribution in [3.8, 4) is 11.3 Å². The van der Waals surface area contributed by atoms with Crippen molar-refractivity contribution in [1.82, 2.24) is 14.9 Å². The molecule has 4 heteroatoms. The molecule has 27 heavy (non-hydrogen) atoms. The van der Waals surface area contributed by atoms with Gasteiger partial charge in [0.1, 0.15) is 0 Å². The number of aryl methyl sites for hydroxylation is 1. The van der Waals surface area contributed by atoms with E-state index in [1.807, 2.05) is 17.0 Å². The summed E-state index contributed by atoms with van der Waals surface area (Å²) >= 11 is 0. The maximum Gasteiger partial charge on any atom is 0.255 e. The van der Waals surface area contributed by atoms with Crippen molar-refractivity contribution in [3.63, 3.8) is 0 Å². The van der Waals surface area contributed by atoms with Gasteiger partial charge in [-0.05, 0) is 50.1 Å². The Morgan fingerprint density at radius 1 is 1.11 bits per heavy atom. The van der Waals surface area contributed by atoms with Crippen LogP contribution in [0.15, 0.2) is 67.0 Å². The third-order valence-corrected chi connectivity index (χ3v) is 5.12. The zero-order chi connectivity index (χ0) is 18.6. The monoisotopic (exact) mass is 357 g/mol. The van der Waals surface area contributed by atoms with Crippen LogP contribution >= 0.6 is 0 Å². The van der Waals surface area contributed by atoms with Gasteiger partial charge in [-0.1, -0.05) is 29.8 Å². The Balaban J connectivity index is 1.55. The summed E-state index contributed by atoms with van der Waals surface area (Å²) in [6.45, 7) is 3.59. The molecule has 0 bridgehead atoms. The van der Waals surface area contributed by atoms with Crippen LogP contribution in [-0.2, 0) is 0 Å². The Labute approximate surface area is 159 Å². The van der Waals surface area contributed by atoms with Crippen LogP contribution in [0.3, 0.4) is 0 Å². The number of aromatic nitrogens is 2. The van der Waals surface area contributed by atoms with Crippen LogP contribution in [0, 0.1) is 6.92 Å². The molecule has 3 aromatic rings. The van der Waals surface area contributed by atoms with E-state index in [1.165, 1.54) is 5.56 Å². The van der Waals surface area contributed by atoms with E-state index in [0.29, 0.717) is 12.1 Å². The van der Waals surface area contributed by atoms with Crippen molar-refractivity contribution in [2.75, 3.05) is 13.1 Å². The second kappa shape index (κ2) is 7.70. The maximum atomic E-state index is 12.8. The summed E-state index contributed by atoms with van der Waals surface area (Å²) in [6, 6.07) is 18.3. The Morgan fingerprint density at radius 2 is 2.00 bits per heavy atom. The fourth-order valence-electron chi connectivity index (χ4n) is 3.72. The van der Waals surface area contributed by atoms with E-state index in [4.69, 9.17) is 4.98 Å². The number of amides is 1. The van der Waals surface area contributed by atoms with Crippen LogP contribution in [0.1, 0.15) is 40.4 Å². The zero-order valence-corrected chi connectivity index (χ0v) is 15.5. The number of likely N-dealkylation sites (tertiary alicyclic amines) is 1. The Kier molecular flexibility index (Phi) is 4.97. The van der Waals surface area contributed by atoms with Crippen molar-refractivity contribution in [3.05, 3.63) is 83.8 Å². The van der Waals surface area contributed by atoms with Gasteiger partial charge in [0.25, 0.3) is 5.91 Å². The second-order valence-corrected chi connectivity index (χ2v) is 7.15. The lowest BCUT2D eigenvalue weighted by atomic mass is 9.93. The standard InChI is InChI=1S/C23H23N3O/c1-17-6-2-7-18(14-17)21-10-3-11-22(25-21)20-9-5-13-26(16-20)23(27)19-8-4-12-24-15-19/h2-4,6-8,10-12,14-15,20H,5,9,13,16H2,1H3. The number of rotatable bonds is 3. The molecule has 1 aromatic carbocycles. The maximum absolute atomic E-state index is 12.8. The minimum atomic E-state index is 0.0580. The highest BCUT2D eigenvalue weighted by Crippen LogP contribution is 2.28. The van der Waals surface area contributed by atoms with Gasteiger partial charge in [-0.3, -0.25) is 14.8 Å². The molecule has 136 valence electrons. The van der Waals surface area contributed by atoms with Gasteiger partial charge >= 0.3 is 0 Å². The molecule has 0 aliphatic carbocycles. The molecule has 1 aliphatic rings. The first-order valence-electron chi connectivity index (χ1n) is 9.44. The predicted molar refractivity (Wildman–Crippen MR) is 107 cm³/mol. The average Bonchev–Trinajstić information content (AvgIpc) is 2.74. The van der Waals surface area contributed by atoms with Crippen LogP contribution in [0.5, 0.6) is 0 Å². The lowest BCUT2D eigenvalue weighted by molar-refractivity contribution is 0.0705. The summed E-state index contributed by atoms with van der Waals surface area (Å²) in [5.74, 6) is 0.326. The highest BCUT2D eigenvalue weighted by Gasteiger charge is 2.26. The fraction of sp³-hybridized carbons (Fsp3) is 0.261. The molecule has 0 radical (unpaired) electrons. The van der Waals surface area contributed by atoms with Gasteiger partial charge in [0.05, 0.1) is 11.3 Å². The fourth-order valence-corrected chi connectivity index (χ4v) is 3.72. The van der Waals surface area contributed by atoms with Crippen molar-refractivity contribution >= 4 is 5.91 Å². The molecule has 1 fully saturated rings. The molecule has 2 aromatic heterocycles. The number of benzene rings is 1. The number of pyridine rings is 2. The normalized spacial score (nSPS) is 16.9. The van der Waals surface area contributed by atoms with Gasteiger partial charge in [0, 0.05) is 42.7 Å². The summed E-state index contributed by atoms with van der Waals surface area (Å²) in [5.41, 5.74) is 5.07. The predicted octanol–water partition coefficient (Wildman–Crippen LogP) is 4.47. The van der Waals surface area contributed by atoms with E-state index in [9.17, 15) is 4.79 Å². The molecule has 1 saturated heterocycles. The quantitative estimate of drug-likeness (QED) is 0.695. The Bertz CT molecular complexity index is 939. The molecule has 4 nitrogen and oxygen atoms in total. The average molecular weight is 357 g/mol. The number of carbonyl (C=O) groups is 1. The van der Waals surface area contributed by atoms with E-state index in [0.717, 1.165) is 36.3 Å². The summed E-state index contributed by atoms with van der Waals surface area (Å²) in [7, 11) is 0. The van der Waals surface area contributed by atoms with Crippen LogP contribution in [0.4, 0.5) is 0 Å². The number of hydrogen-bond acceptors (Lipinski definition) is 3. The molecule has 0 spiro atoms. The summed E-state index contributed by atoms with van der Waals surface area (Å²) < 4.78 is 0. The Morgan fingerprint density at radius 3 is 2.81 bits per heavy atom. The van der Waals surface area contributed by atoms with E-state index in [-0.39, 0.29) is 11.8 Å². The highest BCUT2D eigenvalue weighted by molar-refractivity contribution is 5.94. The Hall–Kier alpha value is -3.01. The van der Waals surface area contributed by atoms with E-state index >= 15 is 0 Å². The SMILES string of the molecule is Cc1cccc(-c2cccc(C3CCCN(C(=O)c4cccnc4)C3)n2)c1. The van der Waals surface area contributed by atoms with Gasteiger partial charge < -0.3 is 4.90 Å². The minimum Gasteiger partial charge on any atom is -0.338 e. The molecule has 1 unspecified atom stereocenters. The smallest absolute Gasteiger partial charge is 0.255 e. The lowest BCUT2D eigenvalue weighted by Crippen LogP contribution is -2.39. The molecule has 0 saturated carbocycles. The van der Waals surface area contributed by atoms with Crippen molar-refractivity contribution in [2.24, 2.45) is 0 Å². The van der Waals surface area contributed by atoms with E-state index in [2.05, 4.69) is 54.4 Å². The molecule has 1 amide bonds. The molecule has 0 N–H and O–H groups in total. The highest BCUT2D eigenvalue weighted by atomic mass is 16.2. The second-order valence-electron chi connectivity index (χ2n) is 7.15. The van der Waals surface area contributed by atoms with Gasteiger partial charge in [-0.25, -0.2) is 0 Å². The van der Waals surface area contributed by atoms with Crippen molar-refractivity contribution < 1.29 is 4.79 Å². The number of hydrogen-bond donors (Lipinski definition) is 0. The first kappa shape index (κ1) is 17.4. The minimum absolute atomic E-state index is 0.0580. The summed E-state index contributed by atoms with van der Waals surface area (Å²) in [4.78, 5) is 23.7. The number of nitrogens with zero attached hydrogens (tertiary/aromatic N) is 3.